The number of ether oxygens (including phenoxy) is 2. The van der Waals surface area contributed by atoms with Crippen molar-refractivity contribution in [1.82, 2.24) is 10.6 Å². The molecule has 0 saturated carbocycles. The summed E-state index contributed by atoms with van der Waals surface area (Å²) in [5, 5.41) is 7.44. The summed E-state index contributed by atoms with van der Waals surface area (Å²) in [4.78, 5) is 1.53. The molecule has 0 saturated heterocycles. The van der Waals surface area contributed by atoms with Gasteiger partial charge in [-0.1, -0.05) is 24.3 Å². The van der Waals surface area contributed by atoms with E-state index in [2.05, 4.69) is 67.8 Å². The molecule has 2 atom stereocenters. The predicted octanol–water partition coefficient (Wildman–Crippen LogP) is 2.57. The maximum Gasteiger partial charge on any atom is 0.166 e. The van der Waals surface area contributed by atoms with Crippen LogP contribution in [0.2, 0.25) is 0 Å². The van der Waals surface area contributed by atoms with Crippen LogP contribution in [-0.2, 0) is 13.0 Å². The maximum absolute atomic E-state index is 5.61. The first-order valence-electron chi connectivity index (χ1n) is 10.6. The zero-order valence-corrected chi connectivity index (χ0v) is 19.5. The van der Waals surface area contributed by atoms with Crippen molar-refractivity contribution < 1.29 is 14.4 Å². The van der Waals surface area contributed by atoms with E-state index < -0.39 is 0 Å². The Balaban J connectivity index is 1.91. The molecule has 5 nitrogen and oxygen atoms in total. The van der Waals surface area contributed by atoms with Crippen molar-refractivity contribution in [3.63, 3.8) is 0 Å². The molecule has 1 unspecified atom stereocenters. The number of aryl methyl sites for hydroxylation is 1. The molecule has 1 aliphatic rings. The van der Waals surface area contributed by atoms with E-state index in [1.165, 1.54) is 27.2 Å². The fraction of sp³-hybridized carbons (Fsp3) is 0.458. The zero-order chi connectivity index (χ0) is 21.7. The van der Waals surface area contributed by atoms with Gasteiger partial charge in [0.15, 0.2) is 16.6 Å². The lowest BCUT2D eigenvalue weighted by molar-refractivity contribution is -0.945. The number of hydrogen-bond acceptors (Lipinski definition) is 3. The molecule has 1 heterocycles. The molecule has 30 heavy (non-hydrogen) atoms. The van der Waals surface area contributed by atoms with Crippen LogP contribution in [0.1, 0.15) is 42.1 Å². The van der Waals surface area contributed by atoms with Crippen LogP contribution in [0.3, 0.4) is 0 Å². The van der Waals surface area contributed by atoms with E-state index in [0.717, 1.165) is 37.6 Å². The molecule has 2 aromatic rings. The van der Waals surface area contributed by atoms with E-state index in [9.17, 15) is 0 Å². The zero-order valence-electron chi connectivity index (χ0n) is 18.7. The molecule has 0 amide bonds. The lowest BCUT2D eigenvalue weighted by Gasteiger charge is -2.35. The lowest BCUT2D eigenvalue weighted by atomic mass is 9.91. The van der Waals surface area contributed by atoms with Gasteiger partial charge in [0.1, 0.15) is 12.6 Å². The van der Waals surface area contributed by atoms with Crippen molar-refractivity contribution in [3.8, 4) is 11.5 Å². The van der Waals surface area contributed by atoms with Crippen molar-refractivity contribution in [2.24, 2.45) is 0 Å². The van der Waals surface area contributed by atoms with Crippen molar-refractivity contribution in [2.75, 3.05) is 27.3 Å². The second-order valence-electron chi connectivity index (χ2n) is 8.23. The van der Waals surface area contributed by atoms with Gasteiger partial charge in [-0.05, 0) is 56.2 Å². The fourth-order valence-electron chi connectivity index (χ4n) is 4.19. The van der Waals surface area contributed by atoms with Gasteiger partial charge in [-0.15, -0.1) is 0 Å². The summed E-state index contributed by atoms with van der Waals surface area (Å²) in [5.41, 5.74) is 5.37. The molecule has 162 valence electrons. The van der Waals surface area contributed by atoms with Crippen molar-refractivity contribution in [1.29, 1.82) is 0 Å². The highest BCUT2D eigenvalue weighted by Crippen LogP contribution is 2.34. The molecule has 0 spiro atoms. The first-order valence-corrected chi connectivity index (χ1v) is 11.0. The Labute approximate surface area is 185 Å². The Bertz CT molecular complexity index is 885. The van der Waals surface area contributed by atoms with Crippen LogP contribution in [0, 0.1) is 6.92 Å². The minimum atomic E-state index is 0.264. The summed E-state index contributed by atoms with van der Waals surface area (Å²) < 4.78 is 11.1. The molecule has 1 aliphatic heterocycles. The number of methoxy groups -OCH3 is 2. The van der Waals surface area contributed by atoms with Gasteiger partial charge in [0, 0.05) is 23.6 Å². The smallest absolute Gasteiger partial charge is 0.166 e. The second kappa shape index (κ2) is 10.1. The first kappa shape index (κ1) is 22.4. The summed E-state index contributed by atoms with van der Waals surface area (Å²) in [6.07, 6.45) is 1.02. The molecule has 0 radical (unpaired) electrons. The van der Waals surface area contributed by atoms with Crippen LogP contribution < -0.4 is 25.0 Å². The average molecular weight is 429 g/mol. The van der Waals surface area contributed by atoms with E-state index in [-0.39, 0.29) is 6.04 Å². The third kappa shape index (κ3) is 5.24. The third-order valence-corrected chi connectivity index (χ3v) is 6.06. The quantitative estimate of drug-likeness (QED) is 0.592. The number of quaternary nitrogens is 1. The first-order chi connectivity index (χ1) is 14.4. The number of rotatable bonds is 7. The van der Waals surface area contributed by atoms with E-state index in [4.69, 9.17) is 21.7 Å². The Kier molecular flexibility index (Phi) is 7.56. The van der Waals surface area contributed by atoms with Gasteiger partial charge in [-0.25, -0.2) is 0 Å². The molecule has 6 heteroatoms. The summed E-state index contributed by atoms with van der Waals surface area (Å²) in [5.74, 6) is 1.57. The highest BCUT2D eigenvalue weighted by atomic mass is 32.1. The number of thiocarbonyl (C=S) groups is 1. The van der Waals surface area contributed by atoms with Crippen molar-refractivity contribution >= 4 is 17.3 Å². The van der Waals surface area contributed by atoms with Gasteiger partial charge in [-0.3, -0.25) is 0 Å². The molecule has 0 bridgehead atoms. The van der Waals surface area contributed by atoms with Gasteiger partial charge in [0.25, 0.3) is 0 Å². The molecular formula is C24H34N3O2S+. The van der Waals surface area contributed by atoms with Gasteiger partial charge >= 0.3 is 0 Å². The Morgan fingerprint density at radius 3 is 2.53 bits per heavy atom. The maximum atomic E-state index is 5.61. The van der Waals surface area contributed by atoms with Crippen LogP contribution in [0.5, 0.6) is 11.5 Å². The predicted molar refractivity (Wildman–Crippen MR) is 126 cm³/mol. The van der Waals surface area contributed by atoms with Crippen molar-refractivity contribution in [3.05, 3.63) is 58.7 Å². The van der Waals surface area contributed by atoms with Gasteiger partial charge < -0.3 is 25.0 Å². The number of fused-ring (bicyclic) bond motifs is 1. The topological polar surface area (TPSA) is 47.0 Å². The highest BCUT2D eigenvalue weighted by molar-refractivity contribution is 7.80. The summed E-state index contributed by atoms with van der Waals surface area (Å²) in [6.45, 7) is 9.19. The average Bonchev–Trinajstić information content (AvgIpc) is 2.72. The Morgan fingerprint density at radius 2 is 1.87 bits per heavy atom. The normalized spacial score (nSPS) is 17.9. The molecule has 2 aromatic carbocycles. The van der Waals surface area contributed by atoms with Crippen LogP contribution in [-0.4, -0.2) is 38.5 Å². The van der Waals surface area contributed by atoms with E-state index in [1.54, 1.807) is 14.2 Å². The van der Waals surface area contributed by atoms with Crippen LogP contribution in [0.25, 0.3) is 0 Å². The van der Waals surface area contributed by atoms with E-state index >= 15 is 0 Å². The summed E-state index contributed by atoms with van der Waals surface area (Å²) >= 11 is 5.50. The van der Waals surface area contributed by atoms with E-state index in [1.807, 2.05) is 0 Å². The molecule has 0 aromatic heterocycles. The molecule has 0 aliphatic carbocycles. The largest absolute Gasteiger partial charge is 0.493 e. The standard InChI is InChI=1S/C24H33N3O2S/c1-16(2)26-24(30)25-14-21-20-13-23(29-5)22(28-4)12-18(20)10-11-27(21)15-19-9-7-6-8-17(19)3/h6-9,12-13,16,21H,10-11,14-15H2,1-5H3,(H2,25,26,30)/p+1/t21-/m0/s1. The number of hydrogen-bond donors (Lipinski definition) is 3. The fourth-order valence-corrected chi connectivity index (χ4v) is 4.51. The minimum Gasteiger partial charge on any atom is -0.493 e. The van der Waals surface area contributed by atoms with Crippen LogP contribution in [0.4, 0.5) is 0 Å². The van der Waals surface area contributed by atoms with Gasteiger partial charge in [0.05, 0.1) is 27.3 Å². The minimum absolute atomic E-state index is 0.264. The van der Waals surface area contributed by atoms with Gasteiger partial charge in [0.2, 0.25) is 0 Å². The van der Waals surface area contributed by atoms with Crippen molar-refractivity contribution in [2.45, 2.75) is 45.8 Å². The Morgan fingerprint density at radius 1 is 1.17 bits per heavy atom. The van der Waals surface area contributed by atoms with Crippen LogP contribution in [0.15, 0.2) is 36.4 Å². The monoisotopic (exact) mass is 428 g/mol. The number of nitrogens with one attached hydrogen (secondary N) is 3. The molecule has 3 rings (SSSR count). The van der Waals surface area contributed by atoms with Gasteiger partial charge in [-0.2, -0.15) is 0 Å². The second-order valence-corrected chi connectivity index (χ2v) is 8.64. The van der Waals surface area contributed by atoms with E-state index in [0.29, 0.717) is 11.2 Å². The van der Waals surface area contributed by atoms with Crippen LogP contribution >= 0.6 is 12.2 Å². The molecule has 3 N–H and O–H groups in total. The summed E-state index contributed by atoms with van der Waals surface area (Å²) in [6, 6.07) is 13.5. The highest BCUT2D eigenvalue weighted by Gasteiger charge is 2.33. The summed E-state index contributed by atoms with van der Waals surface area (Å²) in [7, 11) is 3.39. The molecule has 0 fully saturated rings. The molecular weight excluding hydrogens is 394 g/mol. The Hall–Kier alpha value is -2.31. The number of benzene rings is 2. The lowest BCUT2D eigenvalue weighted by Crippen LogP contribution is -3.12. The SMILES string of the molecule is COc1cc2c(cc1OC)[C@H](CNC(=S)NC(C)C)[NH+](Cc1ccccc1C)CC2. The third-order valence-electron chi connectivity index (χ3n) is 5.79.